The standard InChI is InChI=1S/C18H20N4O6S/c1-13-10-20-16(11-19-13)18(24)28-12-17(23)21-14-2-4-15(5-3-14)29(25,26)22-6-8-27-9-7-22/h2-5,10-11H,6-9,12H2,1H3,(H,21,23). The molecule has 1 aromatic carbocycles. The van der Waals surface area contributed by atoms with E-state index in [0.717, 1.165) is 0 Å². The SMILES string of the molecule is Cc1cnc(C(=O)OCC(=O)Nc2ccc(S(=O)(=O)N3CCOCC3)cc2)cn1. The van der Waals surface area contributed by atoms with E-state index in [1.54, 1.807) is 6.92 Å². The molecule has 1 saturated heterocycles. The number of anilines is 1. The van der Waals surface area contributed by atoms with Crippen molar-refractivity contribution >= 4 is 27.6 Å². The number of nitrogens with zero attached hydrogens (tertiary/aromatic N) is 3. The molecule has 154 valence electrons. The Morgan fingerprint density at radius 3 is 2.45 bits per heavy atom. The normalized spacial score (nSPS) is 14.9. The summed E-state index contributed by atoms with van der Waals surface area (Å²) in [6.07, 6.45) is 2.69. The number of ether oxygens (including phenoxy) is 2. The van der Waals surface area contributed by atoms with Gasteiger partial charge in [-0.2, -0.15) is 4.31 Å². The molecule has 0 unspecified atom stereocenters. The maximum absolute atomic E-state index is 12.6. The van der Waals surface area contributed by atoms with Gasteiger partial charge in [-0.05, 0) is 31.2 Å². The van der Waals surface area contributed by atoms with Crippen molar-refractivity contribution in [1.82, 2.24) is 14.3 Å². The van der Waals surface area contributed by atoms with E-state index in [4.69, 9.17) is 9.47 Å². The first-order chi connectivity index (χ1) is 13.9. The monoisotopic (exact) mass is 420 g/mol. The number of sulfonamides is 1. The summed E-state index contributed by atoms with van der Waals surface area (Å²) >= 11 is 0. The molecule has 0 bridgehead atoms. The van der Waals surface area contributed by atoms with Crippen LogP contribution in [0, 0.1) is 6.92 Å². The Hall–Kier alpha value is -2.89. The van der Waals surface area contributed by atoms with Crippen LogP contribution in [-0.4, -0.2) is 67.5 Å². The number of hydrogen-bond donors (Lipinski definition) is 1. The lowest BCUT2D eigenvalue weighted by atomic mass is 10.3. The minimum atomic E-state index is -3.60. The Morgan fingerprint density at radius 1 is 1.14 bits per heavy atom. The van der Waals surface area contributed by atoms with Crippen LogP contribution in [0.3, 0.4) is 0 Å². The van der Waals surface area contributed by atoms with Crippen LogP contribution in [-0.2, 0) is 24.3 Å². The molecule has 1 aliphatic rings. The van der Waals surface area contributed by atoms with Crippen LogP contribution in [0.4, 0.5) is 5.69 Å². The number of morpholine rings is 1. The quantitative estimate of drug-likeness (QED) is 0.673. The summed E-state index contributed by atoms with van der Waals surface area (Å²) in [6, 6.07) is 5.76. The summed E-state index contributed by atoms with van der Waals surface area (Å²) < 4.78 is 36.6. The summed E-state index contributed by atoms with van der Waals surface area (Å²) in [7, 11) is -3.60. The fourth-order valence-corrected chi connectivity index (χ4v) is 3.95. The van der Waals surface area contributed by atoms with Crippen molar-refractivity contribution in [2.45, 2.75) is 11.8 Å². The van der Waals surface area contributed by atoms with E-state index in [1.165, 1.54) is 41.0 Å². The Bertz CT molecular complexity index is 970. The van der Waals surface area contributed by atoms with Crippen LogP contribution >= 0.6 is 0 Å². The molecule has 1 aliphatic heterocycles. The topological polar surface area (TPSA) is 128 Å². The van der Waals surface area contributed by atoms with E-state index in [1.807, 2.05) is 0 Å². The van der Waals surface area contributed by atoms with E-state index in [0.29, 0.717) is 37.7 Å². The smallest absolute Gasteiger partial charge is 0.359 e. The first-order valence-electron chi connectivity index (χ1n) is 8.80. The molecule has 0 saturated carbocycles. The van der Waals surface area contributed by atoms with Gasteiger partial charge in [0, 0.05) is 25.0 Å². The van der Waals surface area contributed by atoms with Crippen LogP contribution in [0.5, 0.6) is 0 Å². The van der Waals surface area contributed by atoms with Crippen molar-refractivity contribution in [3.8, 4) is 0 Å². The minimum absolute atomic E-state index is 0.000993. The number of esters is 1. The van der Waals surface area contributed by atoms with E-state index in [-0.39, 0.29) is 10.6 Å². The fourth-order valence-electron chi connectivity index (χ4n) is 2.55. The number of hydrogen-bond acceptors (Lipinski definition) is 8. The highest BCUT2D eigenvalue weighted by atomic mass is 32.2. The molecule has 2 heterocycles. The highest BCUT2D eigenvalue weighted by Gasteiger charge is 2.26. The third-order valence-corrected chi connectivity index (χ3v) is 5.98. The van der Waals surface area contributed by atoms with Crippen molar-refractivity contribution in [2.24, 2.45) is 0 Å². The van der Waals surface area contributed by atoms with Gasteiger partial charge in [0.25, 0.3) is 5.91 Å². The van der Waals surface area contributed by atoms with Crippen molar-refractivity contribution in [3.63, 3.8) is 0 Å². The second kappa shape index (κ2) is 9.07. The van der Waals surface area contributed by atoms with Gasteiger partial charge in [-0.15, -0.1) is 0 Å². The molecule has 1 amide bonds. The summed E-state index contributed by atoms with van der Waals surface area (Å²) in [6.45, 7) is 2.55. The Balaban J connectivity index is 1.54. The molecule has 1 N–H and O–H groups in total. The van der Waals surface area contributed by atoms with Crippen LogP contribution in [0.25, 0.3) is 0 Å². The first-order valence-corrected chi connectivity index (χ1v) is 10.2. The molecular formula is C18H20N4O6S. The largest absolute Gasteiger partial charge is 0.451 e. The fraction of sp³-hybridized carbons (Fsp3) is 0.333. The molecule has 2 aromatic rings. The van der Waals surface area contributed by atoms with Gasteiger partial charge in [0.2, 0.25) is 10.0 Å². The lowest BCUT2D eigenvalue weighted by Gasteiger charge is -2.26. The Morgan fingerprint density at radius 2 is 1.83 bits per heavy atom. The number of amides is 1. The molecule has 0 atom stereocenters. The molecule has 1 aromatic heterocycles. The summed E-state index contributed by atoms with van der Waals surface area (Å²) in [5, 5.41) is 2.54. The molecule has 0 aliphatic carbocycles. The second-order valence-electron chi connectivity index (χ2n) is 6.21. The minimum Gasteiger partial charge on any atom is -0.451 e. The summed E-state index contributed by atoms with van der Waals surface area (Å²) in [5.41, 5.74) is 1.03. The third-order valence-electron chi connectivity index (χ3n) is 4.07. The number of rotatable bonds is 6. The number of aryl methyl sites for hydroxylation is 1. The molecule has 3 rings (SSSR count). The van der Waals surface area contributed by atoms with Gasteiger partial charge in [0.05, 0.1) is 30.0 Å². The first kappa shape index (κ1) is 20.8. The predicted octanol–water partition coefficient (Wildman–Crippen LogP) is 0.601. The molecular weight excluding hydrogens is 400 g/mol. The number of aromatic nitrogens is 2. The van der Waals surface area contributed by atoms with Crippen LogP contribution < -0.4 is 5.32 Å². The zero-order valence-corrected chi connectivity index (χ0v) is 16.5. The second-order valence-corrected chi connectivity index (χ2v) is 8.15. The van der Waals surface area contributed by atoms with Gasteiger partial charge in [-0.3, -0.25) is 9.78 Å². The van der Waals surface area contributed by atoms with Gasteiger partial charge < -0.3 is 14.8 Å². The lowest BCUT2D eigenvalue weighted by Crippen LogP contribution is -2.40. The average Bonchev–Trinajstić information content (AvgIpc) is 2.73. The van der Waals surface area contributed by atoms with Gasteiger partial charge in [-0.25, -0.2) is 18.2 Å². The summed E-state index contributed by atoms with van der Waals surface area (Å²) in [4.78, 5) is 31.7. The number of nitrogens with one attached hydrogen (secondary N) is 1. The third kappa shape index (κ3) is 5.34. The Kier molecular flexibility index (Phi) is 6.52. The zero-order chi connectivity index (χ0) is 20.9. The number of carbonyl (C=O) groups excluding carboxylic acids is 2. The summed E-state index contributed by atoms with van der Waals surface area (Å²) in [5.74, 6) is -1.33. The van der Waals surface area contributed by atoms with E-state index >= 15 is 0 Å². The zero-order valence-electron chi connectivity index (χ0n) is 15.7. The van der Waals surface area contributed by atoms with Crippen molar-refractivity contribution in [1.29, 1.82) is 0 Å². The maximum atomic E-state index is 12.6. The van der Waals surface area contributed by atoms with Gasteiger partial charge in [0.1, 0.15) is 0 Å². The Labute approximate surface area is 167 Å². The van der Waals surface area contributed by atoms with Gasteiger partial charge in [0.15, 0.2) is 12.3 Å². The predicted molar refractivity (Wildman–Crippen MR) is 102 cm³/mol. The van der Waals surface area contributed by atoms with Crippen molar-refractivity contribution < 1.29 is 27.5 Å². The van der Waals surface area contributed by atoms with E-state index in [2.05, 4.69) is 15.3 Å². The maximum Gasteiger partial charge on any atom is 0.359 e. The molecule has 11 heteroatoms. The van der Waals surface area contributed by atoms with Crippen molar-refractivity contribution in [2.75, 3.05) is 38.2 Å². The highest BCUT2D eigenvalue weighted by Crippen LogP contribution is 2.19. The van der Waals surface area contributed by atoms with Crippen molar-refractivity contribution in [3.05, 3.63) is 48.0 Å². The molecule has 0 radical (unpaired) electrons. The van der Waals surface area contributed by atoms with Gasteiger partial charge >= 0.3 is 5.97 Å². The average molecular weight is 420 g/mol. The lowest BCUT2D eigenvalue weighted by molar-refractivity contribution is -0.119. The highest BCUT2D eigenvalue weighted by molar-refractivity contribution is 7.89. The van der Waals surface area contributed by atoms with Crippen LogP contribution in [0.1, 0.15) is 16.2 Å². The van der Waals surface area contributed by atoms with Crippen LogP contribution in [0.15, 0.2) is 41.6 Å². The van der Waals surface area contributed by atoms with E-state index < -0.39 is 28.5 Å². The van der Waals surface area contributed by atoms with Crippen LogP contribution in [0.2, 0.25) is 0 Å². The molecule has 0 spiro atoms. The number of benzene rings is 1. The molecule has 10 nitrogen and oxygen atoms in total. The van der Waals surface area contributed by atoms with E-state index in [9.17, 15) is 18.0 Å². The molecule has 1 fully saturated rings. The van der Waals surface area contributed by atoms with Gasteiger partial charge in [-0.1, -0.05) is 0 Å². The molecule has 29 heavy (non-hydrogen) atoms. The number of carbonyl (C=O) groups is 2.